The highest BCUT2D eigenvalue weighted by atomic mass is 16.2. The Morgan fingerprint density at radius 1 is 0.800 bits per heavy atom. The van der Waals surface area contributed by atoms with E-state index in [1.54, 1.807) is 0 Å². The number of hydrogen-bond acceptors (Lipinski definition) is 3. The van der Waals surface area contributed by atoms with Crippen LogP contribution in [0.15, 0.2) is 72.8 Å². The second kappa shape index (κ2) is 10.6. The topological polar surface area (TPSA) is 43.9 Å². The summed E-state index contributed by atoms with van der Waals surface area (Å²) in [5, 5.41) is 2.27. The van der Waals surface area contributed by atoms with Crippen molar-refractivity contribution in [3.63, 3.8) is 0 Å². The number of carbonyl (C=O) groups is 2. The van der Waals surface area contributed by atoms with Crippen LogP contribution < -0.4 is 0 Å². The highest BCUT2D eigenvalue weighted by Gasteiger charge is 2.32. The Hall–Kier alpha value is -3.18. The first kappa shape index (κ1) is 23.6. The fraction of sp³-hybridized carbons (Fsp3) is 0.400. The van der Waals surface area contributed by atoms with Gasteiger partial charge in [0.2, 0.25) is 5.91 Å². The standard InChI is InChI=1S/C30H35N3O2/c1-31(22-23-7-3-2-4-8-23)29(34)25-13-17-32(18-14-25)28-15-19-33(20-16-28)30(35)27-12-11-24-9-5-6-10-26(24)21-27/h2-12,21,25,28H,13-20,22H2,1H3. The predicted molar refractivity (Wildman–Crippen MR) is 140 cm³/mol. The van der Waals surface area contributed by atoms with E-state index >= 15 is 0 Å². The van der Waals surface area contributed by atoms with Crippen molar-refractivity contribution in [2.75, 3.05) is 33.2 Å². The van der Waals surface area contributed by atoms with Crippen LogP contribution in [0, 0.1) is 5.92 Å². The van der Waals surface area contributed by atoms with E-state index in [1.165, 1.54) is 5.56 Å². The second-order valence-corrected chi connectivity index (χ2v) is 10.1. The van der Waals surface area contributed by atoms with Crippen molar-refractivity contribution >= 4 is 22.6 Å². The number of rotatable bonds is 5. The van der Waals surface area contributed by atoms with Crippen LogP contribution in [0.1, 0.15) is 41.6 Å². The van der Waals surface area contributed by atoms with Crippen LogP contribution in [0.25, 0.3) is 10.8 Å². The van der Waals surface area contributed by atoms with Crippen molar-refractivity contribution in [1.82, 2.24) is 14.7 Å². The molecule has 0 N–H and O–H groups in total. The normalized spacial score (nSPS) is 18.0. The van der Waals surface area contributed by atoms with Crippen molar-refractivity contribution in [1.29, 1.82) is 0 Å². The molecule has 5 nitrogen and oxygen atoms in total. The highest BCUT2D eigenvalue weighted by Crippen LogP contribution is 2.26. The molecule has 3 aromatic carbocycles. The van der Waals surface area contributed by atoms with Crippen molar-refractivity contribution in [2.45, 2.75) is 38.3 Å². The van der Waals surface area contributed by atoms with Gasteiger partial charge in [0.15, 0.2) is 0 Å². The zero-order chi connectivity index (χ0) is 24.2. The Morgan fingerprint density at radius 3 is 2.17 bits per heavy atom. The summed E-state index contributed by atoms with van der Waals surface area (Å²) in [7, 11) is 1.92. The summed E-state index contributed by atoms with van der Waals surface area (Å²) in [6, 6.07) is 24.9. The van der Waals surface area contributed by atoms with Crippen LogP contribution in [0.5, 0.6) is 0 Å². The number of hydrogen-bond donors (Lipinski definition) is 0. The predicted octanol–water partition coefficient (Wildman–Crippen LogP) is 4.82. The average molecular weight is 470 g/mol. The first-order valence-electron chi connectivity index (χ1n) is 12.9. The van der Waals surface area contributed by atoms with Crippen molar-refractivity contribution in [3.8, 4) is 0 Å². The number of nitrogens with zero attached hydrogens (tertiary/aromatic N) is 3. The van der Waals surface area contributed by atoms with Gasteiger partial charge in [-0.2, -0.15) is 0 Å². The van der Waals surface area contributed by atoms with Crippen LogP contribution in [0.2, 0.25) is 0 Å². The lowest BCUT2D eigenvalue weighted by Gasteiger charge is -2.42. The van der Waals surface area contributed by atoms with Gasteiger partial charge in [0.25, 0.3) is 5.91 Å². The van der Waals surface area contributed by atoms with Gasteiger partial charge in [0.1, 0.15) is 0 Å². The third-order valence-corrected chi connectivity index (χ3v) is 7.78. The molecule has 0 spiro atoms. The van der Waals surface area contributed by atoms with Crippen molar-refractivity contribution < 1.29 is 9.59 Å². The van der Waals surface area contributed by atoms with E-state index in [9.17, 15) is 9.59 Å². The Labute approximate surface area is 208 Å². The molecule has 0 atom stereocenters. The molecule has 2 aliphatic rings. The van der Waals surface area contributed by atoms with Crippen molar-refractivity contribution in [3.05, 3.63) is 83.9 Å². The number of amides is 2. The summed E-state index contributed by atoms with van der Waals surface area (Å²) in [6.07, 6.45) is 3.86. The number of fused-ring (bicyclic) bond motifs is 1. The molecule has 5 heteroatoms. The lowest BCUT2D eigenvalue weighted by atomic mass is 9.92. The molecule has 0 unspecified atom stereocenters. The minimum atomic E-state index is 0.120. The Bertz CT molecular complexity index is 1160. The molecule has 0 aliphatic carbocycles. The van der Waals surface area contributed by atoms with Gasteiger partial charge in [0, 0.05) is 44.2 Å². The third kappa shape index (κ3) is 5.40. The summed E-state index contributed by atoms with van der Waals surface area (Å²) in [4.78, 5) is 32.5. The molecular weight excluding hydrogens is 434 g/mol. The van der Waals surface area contributed by atoms with E-state index in [0.29, 0.717) is 12.6 Å². The number of benzene rings is 3. The van der Waals surface area contributed by atoms with Crippen LogP contribution in [0.4, 0.5) is 0 Å². The van der Waals surface area contributed by atoms with Gasteiger partial charge in [0.05, 0.1) is 0 Å². The monoisotopic (exact) mass is 469 g/mol. The van der Waals surface area contributed by atoms with Crippen LogP contribution in [-0.2, 0) is 11.3 Å². The molecule has 2 amide bonds. The molecule has 182 valence electrons. The van der Waals surface area contributed by atoms with Gasteiger partial charge in [-0.1, -0.05) is 60.7 Å². The minimum Gasteiger partial charge on any atom is -0.341 e. The van der Waals surface area contributed by atoms with E-state index in [-0.39, 0.29) is 17.7 Å². The Morgan fingerprint density at radius 2 is 1.46 bits per heavy atom. The third-order valence-electron chi connectivity index (χ3n) is 7.78. The van der Waals surface area contributed by atoms with E-state index in [4.69, 9.17) is 0 Å². The quantitative estimate of drug-likeness (QED) is 0.538. The Kier molecular flexibility index (Phi) is 7.14. The number of carbonyl (C=O) groups excluding carboxylic acids is 2. The van der Waals surface area contributed by atoms with Gasteiger partial charge < -0.3 is 14.7 Å². The molecule has 0 saturated carbocycles. The van der Waals surface area contributed by atoms with Crippen LogP contribution >= 0.6 is 0 Å². The SMILES string of the molecule is CN(Cc1ccccc1)C(=O)C1CCN(C2CCN(C(=O)c3ccc4ccccc4c3)CC2)CC1. The summed E-state index contributed by atoms with van der Waals surface area (Å²) in [5.74, 6) is 0.527. The Balaban J connectivity index is 1.10. The van der Waals surface area contributed by atoms with Gasteiger partial charge in [-0.15, -0.1) is 0 Å². The maximum absolute atomic E-state index is 13.1. The highest BCUT2D eigenvalue weighted by molar-refractivity contribution is 5.98. The number of likely N-dealkylation sites (tertiary alicyclic amines) is 2. The van der Waals surface area contributed by atoms with E-state index in [1.807, 2.05) is 65.4 Å². The largest absolute Gasteiger partial charge is 0.341 e. The lowest BCUT2D eigenvalue weighted by molar-refractivity contribution is -0.136. The average Bonchev–Trinajstić information content (AvgIpc) is 2.92. The molecule has 2 saturated heterocycles. The van der Waals surface area contributed by atoms with Gasteiger partial charge >= 0.3 is 0 Å². The lowest BCUT2D eigenvalue weighted by Crippen LogP contribution is -2.50. The van der Waals surface area contributed by atoms with E-state index in [2.05, 4.69) is 29.2 Å². The molecule has 0 aromatic heterocycles. The van der Waals surface area contributed by atoms with Gasteiger partial charge in [-0.3, -0.25) is 9.59 Å². The molecule has 5 rings (SSSR count). The first-order valence-corrected chi connectivity index (χ1v) is 12.9. The zero-order valence-electron chi connectivity index (χ0n) is 20.6. The molecule has 35 heavy (non-hydrogen) atoms. The maximum Gasteiger partial charge on any atom is 0.253 e. The summed E-state index contributed by atoms with van der Waals surface area (Å²) >= 11 is 0. The van der Waals surface area contributed by atoms with E-state index < -0.39 is 0 Å². The van der Waals surface area contributed by atoms with Crippen molar-refractivity contribution in [2.24, 2.45) is 5.92 Å². The maximum atomic E-state index is 13.1. The molecule has 2 fully saturated rings. The summed E-state index contributed by atoms with van der Waals surface area (Å²) in [5.41, 5.74) is 1.95. The molecular formula is C30H35N3O2. The smallest absolute Gasteiger partial charge is 0.253 e. The summed E-state index contributed by atoms with van der Waals surface area (Å²) in [6.45, 7) is 4.21. The van der Waals surface area contributed by atoms with Gasteiger partial charge in [-0.25, -0.2) is 0 Å². The molecule has 0 bridgehead atoms. The van der Waals surface area contributed by atoms with Crippen LogP contribution in [0.3, 0.4) is 0 Å². The molecule has 0 radical (unpaired) electrons. The number of piperidine rings is 2. The molecule has 2 aliphatic heterocycles. The van der Waals surface area contributed by atoms with Crippen LogP contribution in [-0.4, -0.2) is 65.8 Å². The molecule has 2 heterocycles. The first-order chi connectivity index (χ1) is 17.1. The second-order valence-electron chi connectivity index (χ2n) is 10.1. The zero-order valence-corrected chi connectivity index (χ0v) is 20.6. The molecule has 3 aromatic rings. The fourth-order valence-electron chi connectivity index (χ4n) is 5.70. The van der Waals surface area contributed by atoms with E-state index in [0.717, 1.165) is 68.2 Å². The fourth-order valence-corrected chi connectivity index (χ4v) is 5.70. The summed E-state index contributed by atoms with van der Waals surface area (Å²) < 4.78 is 0. The minimum absolute atomic E-state index is 0.120. The van der Waals surface area contributed by atoms with Gasteiger partial charge in [-0.05, 0) is 67.2 Å².